The van der Waals surface area contributed by atoms with Crippen molar-refractivity contribution in [3.05, 3.63) is 104 Å². The third kappa shape index (κ3) is 6.20. The first kappa shape index (κ1) is 26.4. The van der Waals surface area contributed by atoms with Crippen molar-refractivity contribution in [2.75, 3.05) is 16.4 Å². The Hall–Kier alpha value is -3.64. The van der Waals surface area contributed by atoms with Gasteiger partial charge in [0, 0.05) is 16.4 Å². The van der Waals surface area contributed by atoms with E-state index >= 15 is 0 Å². The van der Waals surface area contributed by atoms with Gasteiger partial charge in [-0.1, -0.05) is 47.1 Å². The number of anilines is 2. The Morgan fingerprint density at radius 1 is 1.11 bits per heavy atom. The Kier molecular flexibility index (Phi) is 8.29. The number of carbonyl (C=O) groups excluding carboxylic acids is 2. The maximum Gasteiger partial charge on any atom is 0.254 e. The molecule has 0 aliphatic carbocycles. The van der Waals surface area contributed by atoms with Gasteiger partial charge >= 0.3 is 0 Å². The minimum atomic E-state index is -0.783. The minimum Gasteiger partial charge on any atom is -0.468 e. The van der Waals surface area contributed by atoms with E-state index in [9.17, 15) is 14.9 Å². The lowest BCUT2D eigenvalue weighted by atomic mass is 9.85. The van der Waals surface area contributed by atoms with Gasteiger partial charge in [0.2, 0.25) is 5.91 Å². The second-order valence-electron chi connectivity index (χ2n) is 8.25. The van der Waals surface area contributed by atoms with Crippen molar-refractivity contribution in [3.8, 4) is 6.07 Å². The van der Waals surface area contributed by atoms with Crippen molar-refractivity contribution in [2.45, 2.75) is 19.8 Å². The molecule has 0 spiro atoms. The number of hydrogen-bond acceptors (Lipinski definition) is 6. The molecule has 0 radical (unpaired) electrons. The number of dihydropyridines is 1. The van der Waals surface area contributed by atoms with Crippen LogP contribution >= 0.6 is 35.0 Å². The first-order valence-electron chi connectivity index (χ1n) is 11.2. The van der Waals surface area contributed by atoms with Crippen molar-refractivity contribution in [2.24, 2.45) is 0 Å². The number of amides is 2. The van der Waals surface area contributed by atoms with Crippen LogP contribution in [0.25, 0.3) is 0 Å². The predicted octanol–water partition coefficient (Wildman–Crippen LogP) is 6.60. The maximum atomic E-state index is 13.4. The van der Waals surface area contributed by atoms with Crippen molar-refractivity contribution in [1.29, 1.82) is 5.26 Å². The van der Waals surface area contributed by atoms with Gasteiger partial charge in [0.05, 0.1) is 50.9 Å². The Bertz CT molecular complexity index is 1460. The lowest BCUT2D eigenvalue weighted by Crippen LogP contribution is -2.31. The molecular formula is C27H22Cl2N4O3S. The Labute approximate surface area is 228 Å². The normalized spacial score (nSPS) is 15.2. The lowest BCUT2D eigenvalue weighted by molar-refractivity contribution is -0.114. The Morgan fingerprint density at radius 3 is 2.59 bits per heavy atom. The van der Waals surface area contributed by atoms with E-state index in [1.165, 1.54) is 24.1 Å². The van der Waals surface area contributed by atoms with Crippen LogP contribution in [0, 0.1) is 18.3 Å². The molecule has 1 aromatic heterocycles. The van der Waals surface area contributed by atoms with Crippen LogP contribution in [0.3, 0.4) is 0 Å². The van der Waals surface area contributed by atoms with Crippen LogP contribution in [0.2, 0.25) is 10.0 Å². The van der Waals surface area contributed by atoms with E-state index in [0.717, 1.165) is 5.56 Å². The summed E-state index contributed by atoms with van der Waals surface area (Å²) in [6.07, 6.45) is 1.48. The quantitative estimate of drug-likeness (QED) is 0.304. The van der Waals surface area contributed by atoms with Gasteiger partial charge in [-0.25, -0.2) is 0 Å². The fourth-order valence-electron chi connectivity index (χ4n) is 3.91. The number of nitriles is 1. The third-order valence-electron chi connectivity index (χ3n) is 5.55. The summed E-state index contributed by atoms with van der Waals surface area (Å²) in [6.45, 7) is 3.68. The first-order valence-corrected chi connectivity index (χ1v) is 12.9. The molecule has 3 aromatic rings. The molecule has 0 saturated heterocycles. The highest BCUT2D eigenvalue weighted by Gasteiger charge is 2.36. The number of allylic oxidation sites excluding steroid dienone is 2. The summed E-state index contributed by atoms with van der Waals surface area (Å²) in [7, 11) is 0. The zero-order valence-electron chi connectivity index (χ0n) is 19.9. The highest BCUT2D eigenvalue weighted by atomic mass is 35.5. The second kappa shape index (κ2) is 11.6. The largest absolute Gasteiger partial charge is 0.468 e. The monoisotopic (exact) mass is 552 g/mol. The van der Waals surface area contributed by atoms with Gasteiger partial charge in [-0.15, -0.1) is 0 Å². The van der Waals surface area contributed by atoms with E-state index in [-0.39, 0.29) is 22.3 Å². The second-order valence-corrected chi connectivity index (χ2v) is 10.1. The first-order chi connectivity index (χ1) is 17.8. The molecule has 2 heterocycles. The van der Waals surface area contributed by atoms with E-state index in [0.29, 0.717) is 38.5 Å². The van der Waals surface area contributed by atoms with Crippen LogP contribution in [-0.2, 0) is 9.59 Å². The van der Waals surface area contributed by atoms with Crippen LogP contribution < -0.4 is 16.0 Å². The fourth-order valence-corrected chi connectivity index (χ4v) is 5.25. The van der Waals surface area contributed by atoms with Crippen molar-refractivity contribution in [1.82, 2.24) is 5.32 Å². The number of furan rings is 1. The number of aryl methyl sites for hydroxylation is 1. The number of carbonyl (C=O) groups is 2. The smallest absolute Gasteiger partial charge is 0.254 e. The van der Waals surface area contributed by atoms with Crippen LogP contribution in [-0.4, -0.2) is 17.6 Å². The number of rotatable bonds is 7. The molecule has 1 aliphatic rings. The zero-order chi connectivity index (χ0) is 26.5. The summed E-state index contributed by atoms with van der Waals surface area (Å²) in [5.74, 6) is -0.979. The summed E-state index contributed by atoms with van der Waals surface area (Å²) >= 11 is 13.4. The molecule has 2 aromatic carbocycles. The van der Waals surface area contributed by atoms with Gasteiger partial charge in [-0.05, 0) is 61.9 Å². The standard InChI is InChI=1S/C27H22Cl2N4O3S/c1-15-5-3-6-18(11-15)32-23(34)14-37-27-19(13-30)25(22-7-4-10-36-22)24(16(2)31-27)26(35)33-21-9-8-17(28)12-20(21)29/h3-12,25,31H,14H2,1-2H3,(H,32,34)(H,33,35)/t25-/m1/s1. The molecule has 0 unspecified atom stereocenters. The SMILES string of the molecule is CC1=C(C(=O)Nc2ccc(Cl)cc2Cl)[C@@H](c2ccco2)C(C#N)=C(SCC(=O)Nc2cccc(C)c2)N1. The lowest BCUT2D eigenvalue weighted by Gasteiger charge is -2.28. The van der Waals surface area contributed by atoms with Gasteiger partial charge in [0.25, 0.3) is 5.91 Å². The molecule has 0 saturated carbocycles. The molecule has 4 rings (SSSR count). The van der Waals surface area contributed by atoms with Crippen molar-refractivity contribution >= 4 is 58.2 Å². The van der Waals surface area contributed by atoms with Gasteiger partial charge in [0.1, 0.15) is 5.76 Å². The molecule has 188 valence electrons. The molecule has 37 heavy (non-hydrogen) atoms. The molecular weight excluding hydrogens is 531 g/mol. The Morgan fingerprint density at radius 2 is 1.92 bits per heavy atom. The van der Waals surface area contributed by atoms with E-state index < -0.39 is 11.8 Å². The third-order valence-corrected chi connectivity index (χ3v) is 7.11. The predicted molar refractivity (Wildman–Crippen MR) is 147 cm³/mol. The summed E-state index contributed by atoms with van der Waals surface area (Å²) in [5.41, 5.74) is 3.18. The minimum absolute atomic E-state index is 0.0571. The van der Waals surface area contributed by atoms with E-state index in [4.69, 9.17) is 27.6 Å². The van der Waals surface area contributed by atoms with Crippen LogP contribution in [0.1, 0.15) is 24.2 Å². The van der Waals surface area contributed by atoms with Gasteiger partial charge in [-0.2, -0.15) is 5.26 Å². The number of nitrogens with zero attached hydrogens (tertiary/aromatic N) is 1. The summed E-state index contributed by atoms with van der Waals surface area (Å²) in [4.78, 5) is 26.0. The summed E-state index contributed by atoms with van der Waals surface area (Å²) in [5, 5.41) is 20.1. The average molecular weight is 553 g/mol. The van der Waals surface area contributed by atoms with E-state index in [1.54, 1.807) is 31.2 Å². The molecule has 1 atom stereocenters. The van der Waals surface area contributed by atoms with Crippen LogP contribution in [0.5, 0.6) is 0 Å². The van der Waals surface area contributed by atoms with Crippen LogP contribution in [0.4, 0.5) is 11.4 Å². The molecule has 7 nitrogen and oxygen atoms in total. The zero-order valence-corrected chi connectivity index (χ0v) is 22.2. The Balaban J connectivity index is 1.59. The molecule has 2 amide bonds. The summed E-state index contributed by atoms with van der Waals surface area (Å²) < 4.78 is 5.63. The molecule has 0 bridgehead atoms. The van der Waals surface area contributed by atoms with Crippen molar-refractivity contribution in [3.63, 3.8) is 0 Å². The topological polar surface area (TPSA) is 107 Å². The molecule has 3 N–H and O–H groups in total. The highest BCUT2D eigenvalue weighted by Crippen LogP contribution is 2.41. The van der Waals surface area contributed by atoms with Gasteiger partial charge < -0.3 is 20.4 Å². The molecule has 0 fully saturated rings. The van der Waals surface area contributed by atoms with Gasteiger partial charge in [0.15, 0.2) is 0 Å². The fraction of sp³-hybridized carbons (Fsp3) is 0.148. The number of nitrogens with one attached hydrogen (secondary N) is 3. The van der Waals surface area contributed by atoms with E-state index in [1.807, 2.05) is 31.2 Å². The average Bonchev–Trinajstić information content (AvgIpc) is 3.38. The number of benzene rings is 2. The number of hydrogen-bond donors (Lipinski definition) is 3. The summed E-state index contributed by atoms with van der Waals surface area (Å²) in [6, 6.07) is 17.8. The molecule has 10 heteroatoms. The maximum absolute atomic E-state index is 13.4. The number of thioether (sulfide) groups is 1. The van der Waals surface area contributed by atoms with Gasteiger partial charge in [-0.3, -0.25) is 9.59 Å². The van der Waals surface area contributed by atoms with Crippen molar-refractivity contribution < 1.29 is 14.0 Å². The molecule has 1 aliphatic heterocycles. The highest BCUT2D eigenvalue weighted by molar-refractivity contribution is 8.03. The van der Waals surface area contributed by atoms with Crippen LogP contribution in [0.15, 0.2) is 87.1 Å². The van der Waals surface area contributed by atoms with E-state index in [2.05, 4.69) is 22.0 Å². The number of halogens is 2.